The molecular formula is C28H32N2O5S. The number of thiophene rings is 1. The maximum absolute atomic E-state index is 14.0. The van der Waals surface area contributed by atoms with Crippen LogP contribution in [0.1, 0.15) is 52.5 Å². The smallest absolute Gasteiger partial charge is 0.255 e. The molecule has 1 atom stereocenters. The molecule has 1 aliphatic carbocycles. The first-order valence-electron chi connectivity index (χ1n) is 12.0. The number of amides is 2. The quantitative estimate of drug-likeness (QED) is 0.407. The summed E-state index contributed by atoms with van der Waals surface area (Å²) in [5.74, 6) is 1.22. The molecule has 0 saturated heterocycles. The number of carbonyl (C=O) groups is 2. The van der Waals surface area contributed by atoms with Crippen molar-refractivity contribution >= 4 is 23.2 Å². The predicted octanol–water partition coefficient (Wildman–Crippen LogP) is 5.22. The molecular weight excluding hydrogens is 476 g/mol. The molecule has 2 aromatic carbocycles. The molecule has 0 bridgehead atoms. The van der Waals surface area contributed by atoms with E-state index in [0.717, 1.165) is 36.1 Å². The maximum atomic E-state index is 14.0. The SMILES string of the molecule is COc1ccc([C@H](C(=O)NC2CCCC2)N(Cc2cccs2)C(=O)c2ccc(OC)c(OC)c2)cc1. The monoisotopic (exact) mass is 508 g/mol. The van der Waals surface area contributed by atoms with Crippen LogP contribution in [-0.2, 0) is 11.3 Å². The number of nitrogens with zero attached hydrogens (tertiary/aromatic N) is 1. The van der Waals surface area contributed by atoms with Gasteiger partial charge in [-0.1, -0.05) is 31.0 Å². The molecule has 36 heavy (non-hydrogen) atoms. The molecule has 3 aromatic rings. The molecule has 8 heteroatoms. The molecule has 0 spiro atoms. The van der Waals surface area contributed by atoms with Crippen LogP contribution in [0, 0.1) is 0 Å². The van der Waals surface area contributed by atoms with Crippen molar-refractivity contribution in [1.82, 2.24) is 10.2 Å². The molecule has 7 nitrogen and oxygen atoms in total. The normalized spacial score (nSPS) is 14.2. The van der Waals surface area contributed by atoms with Crippen LogP contribution in [0.4, 0.5) is 0 Å². The Morgan fingerprint density at radius 3 is 2.31 bits per heavy atom. The van der Waals surface area contributed by atoms with Gasteiger partial charge in [0.1, 0.15) is 11.8 Å². The van der Waals surface area contributed by atoms with E-state index in [1.807, 2.05) is 41.8 Å². The molecule has 0 unspecified atom stereocenters. The molecule has 1 aliphatic rings. The van der Waals surface area contributed by atoms with Crippen molar-refractivity contribution in [1.29, 1.82) is 0 Å². The summed E-state index contributed by atoms with van der Waals surface area (Å²) >= 11 is 1.55. The number of ether oxygens (including phenoxy) is 3. The van der Waals surface area contributed by atoms with Crippen LogP contribution < -0.4 is 19.5 Å². The van der Waals surface area contributed by atoms with Crippen LogP contribution in [0.15, 0.2) is 60.0 Å². The van der Waals surface area contributed by atoms with E-state index in [1.165, 1.54) is 7.11 Å². The van der Waals surface area contributed by atoms with Crippen LogP contribution in [0.2, 0.25) is 0 Å². The fourth-order valence-electron chi connectivity index (χ4n) is 4.60. The lowest BCUT2D eigenvalue weighted by atomic mass is 10.0. The zero-order chi connectivity index (χ0) is 25.5. The number of methoxy groups -OCH3 is 3. The second-order valence-electron chi connectivity index (χ2n) is 8.75. The Labute approximate surface area is 216 Å². The van der Waals surface area contributed by atoms with Crippen LogP contribution in [0.3, 0.4) is 0 Å². The third kappa shape index (κ3) is 5.82. The lowest BCUT2D eigenvalue weighted by Crippen LogP contribution is -2.45. The third-order valence-corrected chi connectivity index (χ3v) is 7.35. The first-order valence-corrected chi connectivity index (χ1v) is 12.9. The van der Waals surface area contributed by atoms with Crippen LogP contribution in [-0.4, -0.2) is 44.1 Å². The Kier molecular flexibility index (Phi) is 8.48. The summed E-state index contributed by atoms with van der Waals surface area (Å²) in [5, 5.41) is 5.18. The standard InChI is InChI=1S/C28H32N2O5S/c1-33-22-13-10-19(11-14-22)26(27(31)29-21-7-4-5-8-21)30(18-23-9-6-16-36-23)28(32)20-12-15-24(34-2)25(17-20)35-3/h6,9-17,21,26H,4-5,7-8,18H2,1-3H3,(H,29,31)/t26-/m1/s1. The van der Waals surface area contributed by atoms with E-state index in [4.69, 9.17) is 14.2 Å². The van der Waals surface area contributed by atoms with Crippen molar-refractivity contribution in [3.8, 4) is 17.2 Å². The zero-order valence-corrected chi connectivity index (χ0v) is 21.7. The van der Waals surface area contributed by atoms with Gasteiger partial charge in [-0.3, -0.25) is 9.59 Å². The Morgan fingerprint density at radius 1 is 0.972 bits per heavy atom. The molecule has 2 amide bonds. The second kappa shape index (κ2) is 11.9. The highest BCUT2D eigenvalue weighted by Gasteiger charge is 2.34. The molecule has 1 N–H and O–H groups in total. The van der Waals surface area contributed by atoms with Crippen molar-refractivity contribution in [2.24, 2.45) is 0 Å². The van der Waals surface area contributed by atoms with Gasteiger partial charge >= 0.3 is 0 Å². The fraction of sp³-hybridized carbons (Fsp3) is 0.357. The molecule has 190 valence electrons. The highest BCUT2D eigenvalue weighted by molar-refractivity contribution is 7.09. The summed E-state index contributed by atoms with van der Waals surface area (Å²) in [6.07, 6.45) is 4.11. The second-order valence-corrected chi connectivity index (χ2v) is 9.78. The van der Waals surface area contributed by atoms with Crippen LogP contribution in [0.25, 0.3) is 0 Å². The van der Waals surface area contributed by atoms with E-state index < -0.39 is 6.04 Å². The summed E-state index contributed by atoms with van der Waals surface area (Å²) < 4.78 is 16.1. The highest BCUT2D eigenvalue weighted by atomic mass is 32.1. The zero-order valence-electron chi connectivity index (χ0n) is 20.9. The van der Waals surface area contributed by atoms with E-state index in [9.17, 15) is 9.59 Å². The number of rotatable bonds is 10. The third-order valence-electron chi connectivity index (χ3n) is 6.49. The van der Waals surface area contributed by atoms with Gasteiger partial charge in [0.05, 0.1) is 27.9 Å². The van der Waals surface area contributed by atoms with E-state index in [0.29, 0.717) is 29.4 Å². The minimum Gasteiger partial charge on any atom is -0.497 e. The van der Waals surface area contributed by atoms with E-state index in [1.54, 1.807) is 48.7 Å². The van der Waals surface area contributed by atoms with Gasteiger partial charge in [0.2, 0.25) is 5.91 Å². The molecule has 1 aromatic heterocycles. The summed E-state index contributed by atoms with van der Waals surface area (Å²) in [6.45, 7) is 0.291. The Balaban J connectivity index is 1.76. The van der Waals surface area contributed by atoms with Gasteiger partial charge in [-0.05, 0) is 60.2 Å². The Bertz CT molecular complexity index is 1160. The van der Waals surface area contributed by atoms with Gasteiger partial charge in [0.15, 0.2) is 11.5 Å². The number of hydrogen-bond donors (Lipinski definition) is 1. The van der Waals surface area contributed by atoms with Gasteiger partial charge in [-0.15, -0.1) is 11.3 Å². The van der Waals surface area contributed by atoms with Gasteiger partial charge < -0.3 is 24.4 Å². The van der Waals surface area contributed by atoms with Crippen molar-refractivity contribution < 1.29 is 23.8 Å². The Hall–Kier alpha value is -3.52. The summed E-state index contributed by atoms with van der Waals surface area (Å²) in [5.41, 5.74) is 1.13. The van der Waals surface area contributed by atoms with Gasteiger partial charge in [-0.2, -0.15) is 0 Å². The van der Waals surface area contributed by atoms with E-state index >= 15 is 0 Å². The van der Waals surface area contributed by atoms with Gasteiger partial charge in [0.25, 0.3) is 5.91 Å². The van der Waals surface area contributed by atoms with Crippen LogP contribution >= 0.6 is 11.3 Å². The van der Waals surface area contributed by atoms with E-state index in [-0.39, 0.29) is 17.9 Å². The predicted molar refractivity (Wildman–Crippen MR) is 140 cm³/mol. The number of benzene rings is 2. The average Bonchev–Trinajstić information content (AvgIpc) is 3.62. The number of hydrogen-bond acceptors (Lipinski definition) is 6. The lowest BCUT2D eigenvalue weighted by Gasteiger charge is -2.32. The fourth-order valence-corrected chi connectivity index (χ4v) is 5.30. The largest absolute Gasteiger partial charge is 0.497 e. The number of carbonyl (C=O) groups excluding carboxylic acids is 2. The van der Waals surface area contributed by atoms with Crippen molar-refractivity contribution in [2.75, 3.05) is 21.3 Å². The Morgan fingerprint density at radius 2 is 1.69 bits per heavy atom. The van der Waals surface area contributed by atoms with Crippen molar-refractivity contribution in [3.63, 3.8) is 0 Å². The minimum absolute atomic E-state index is 0.123. The van der Waals surface area contributed by atoms with Crippen LogP contribution in [0.5, 0.6) is 17.2 Å². The molecule has 1 saturated carbocycles. The summed E-state index contributed by atoms with van der Waals surface area (Å²) in [7, 11) is 4.68. The van der Waals surface area contributed by atoms with E-state index in [2.05, 4.69) is 5.32 Å². The first kappa shape index (κ1) is 25.6. The molecule has 1 fully saturated rings. The molecule has 1 heterocycles. The van der Waals surface area contributed by atoms with Gasteiger partial charge in [0, 0.05) is 16.5 Å². The molecule has 4 rings (SSSR count). The van der Waals surface area contributed by atoms with Gasteiger partial charge in [-0.25, -0.2) is 0 Å². The topological polar surface area (TPSA) is 77.1 Å². The first-order chi connectivity index (χ1) is 17.5. The molecule has 0 radical (unpaired) electrons. The summed E-state index contributed by atoms with van der Waals surface area (Å²) in [6, 6.07) is 15.6. The lowest BCUT2D eigenvalue weighted by molar-refractivity contribution is -0.126. The minimum atomic E-state index is -0.820. The van der Waals surface area contributed by atoms with Crippen molar-refractivity contribution in [3.05, 3.63) is 76.0 Å². The van der Waals surface area contributed by atoms with Crippen molar-refractivity contribution in [2.45, 2.75) is 44.3 Å². The number of nitrogens with one attached hydrogen (secondary N) is 1. The maximum Gasteiger partial charge on any atom is 0.255 e. The average molecular weight is 509 g/mol. The highest BCUT2D eigenvalue weighted by Crippen LogP contribution is 2.32. The molecule has 0 aliphatic heterocycles. The summed E-state index contributed by atoms with van der Waals surface area (Å²) in [4.78, 5) is 30.5.